The maximum atomic E-state index is 12.3. The second-order valence-corrected chi connectivity index (χ2v) is 7.15. The van der Waals surface area contributed by atoms with Gasteiger partial charge in [0.25, 0.3) is 5.91 Å². The fraction of sp³-hybridized carbons (Fsp3) is 0.261. The van der Waals surface area contributed by atoms with Crippen molar-refractivity contribution in [3.63, 3.8) is 0 Å². The zero-order chi connectivity index (χ0) is 21.5. The first-order valence-electron chi connectivity index (χ1n) is 9.70. The van der Waals surface area contributed by atoms with E-state index < -0.39 is 5.91 Å². The summed E-state index contributed by atoms with van der Waals surface area (Å²) in [7, 11) is 0. The first kappa shape index (κ1) is 20.9. The summed E-state index contributed by atoms with van der Waals surface area (Å²) < 4.78 is 12.7. The highest BCUT2D eigenvalue weighted by molar-refractivity contribution is 6.09. The smallest absolute Gasteiger partial charge is 0.267 e. The Labute approximate surface area is 175 Å². The average Bonchev–Trinajstić information content (AvgIpc) is 3.34. The molecule has 1 amide bonds. The average molecular weight is 404 g/mol. The van der Waals surface area contributed by atoms with E-state index in [-0.39, 0.29) is 11.4 Å². The van der Waals surface area contributed by atoms with Gasteiger partial charge in [-0.25, -0.2) is 0 Å². The van der Waals surface area contributed by atoms with Gasteiger partial charge in [0.15, 0.2) is 5.82 Å². The highest BCUT2D eigenvalue weighted by Gasteiger charge is 2.13. The van der Waals surface area contributed by atoms with Gasteiger partial charge in [-0.05, 0) is 48.7 Å². The number of nitrogens with zero attached hydrogens (tertiary/aromatic N) is 3. The van der Waals surface area contributed by atoms with E-state index in [9.17, 15) is 10.1 Å². The standard InChI is InChI=1S/C23H24N4O3/c1-16(2)18-6-8-21(9-7-18)29-12-11-27-10-4-5-20(27)14-19(15-24)23(28)25-22-13-17(3)30-26-22/h4-10,13-14,16H,11-12H2,1-3H3,(H,25,26,28)/b19-14-. The molecule has 0 aliphatic rings. The molecule has 0 aliphatic carbocycles. The minimum atomic E-state index is -0.542. The maximum absolute atomic E-state index is 12.3. The number of nitriles is 1. The number of carbonyl (C=O) groups excluding carboxylic acids is 1. The normalized spacial score (nSPS) is 11.4. The summed E-state index contributed by atoms with van der Waals surface area (Å²) in [5, 5.41) is 15.7. The van der Waals surface area contributed by atoms with Crippen LogP contribution in [0.2, 0.25) is 0 Å². The number of benzene rings is 1. The number of amides is 1. The van der Waals surface area contributed by atoms with Gasteiger partial charge in [0.1, 0.15) is 29.8 Å². The third kappa shape index (κ3) is 5.39. The molecule has 0 fully saturated rings. The van der Waals surface area contributed by atoms with E-state index >= 15 is 0 Å². The van der Waals surface area contributed by atoms with E-state index in [0.717, 1.165) is 11.4 Å². The predicted octanol–water partition coefficient (Wildman–Crippen LogP) is 4.53. The van der Waals surface area contributed by atoms with Crippen molar-refractivity contribution in [2.75, 3.05) is 11.9 Å². The number of hydrogen-bond donors (Lipinski definition) is 1. The summed E-state index contributed by atoms with van der Waals surface area (Å²) in [6.45, 7) is 7.06. The van der Waals surface area contributed by atoms with E-state index in [0.29, 0.717) is 24.8 Å². The molecule has 3 aromatic rings. The molecule has 0 bridgehead atoms. The lowest BCUT2D eigenvalue weighted by Crippen LogP contribution is -2.14. The Kier molecular flexibility index (Phi) is 6.71. The van der Waals surface area contributed by atoms with Crippen molar-refractivity contribution in [3.05, 3.63) is 71.3 Å². The number of hydrogen-bond acceptors (Lipinski definition) is 5. The molecule has 30 heavy (non-hydrogen) atoms. The Hall–Kier alpha value is -3.79. The number of aryl methyl sites for hydroxylation is 1. The van der Waals surface area contributed by atoms with Gasteiger partial charge in [-0.15, -0.1) is 0 Å². The first-order valence-corrected chi connectivity index (χ1v) is 9.70. The van der Waals surface area contributed by atoms with Crippen LogP contribution in [-0.4, -0.2) is 22.2 Å². The lowest BCUT2D eigenvalue weighted by molar-refractivity contribution is -0.112. The van der Waals surface area contributed by atoms with Crippen molar-refractivity contribution in [1.29, 1.82) is 5.26 Å². The van der Waals surface area contributed by atoms with E-state index in [1.807, 2.05) is 41.1 Å². The molecule has 7 nitrogen and oxygen atoms in total. The molecule has 3 rings (SSSR count). The van der Waals surface area contributed by atoms with Crippen molar-refractivity contribution < 1.29 is 14.1 Å². The molecule has 0 aliphatic heterocycles. The SMILES string of the molecule is Cc1cc(NC(=O)/C(C#N)=C\c2cccn2CCOc2ccc(C(C)C)cc2)no1. The van der Waals surface area contributed by atoms with Crippen LogP contribution >= 0.6 is 0 Å². The van der Waals surface area contributed by atoms with Crippen LogP contribution in [0.15, 0.2) is 58.8 Å². The summed E-state index contributed by atoms with van der Waals surface area (Å²) >= 11 is 0. The van der Waals surface area contributed by atoms with Crippen LogP contribution < -0.4 is 10.1 Å². The number of carbonyl (C=O) groups is 1. The van der Waals surface area contributed by atoms with Crippen molar-refractivity contribution in [2.24, 2.45) is 0 Å². The first-order chi connectivity index (χ1) is 14.5. The molecule has 2 aromatic heterocycles. The highest BCUT2D eigenvalue weighted by Crippen LogP contribution is 2.19. The van der Waals surface area contributed by atoms with Crippen molar-refractivity contribution in [1.82, 2.24) is 9.72 Å². The number of anilines is 1. The van der Waals surface area contributed by atoms with E-state index in [1.54, 1.807) is 19.1 Å². The predicted molar refractivity (Wildman–Crippen MR) is 114 cm³/mol. The summed E-state index contributed by atoms with van der Waals surface area (Å²) in [4.78, 5) is 12.3. The molecule has 0 unspecified atom stereocenters. The number of ether oxygens (including phenoxy) is 1. The highest BCUT2D eigenvalue weighted by atomic mass is 16.5. The van der Waals surface area contributed by atoms with E-state index in [2.05, 4.69) is 36.5 Å². The minimum Gasteiger partial charge on any atom is -0.492 e. The van der Waals surface area contributed by atoms with Crippen LogP contribution in [0.25, 0.3) is 6.08 Å². The Balaban J connectivity index is 1.62. The van der Waals surface area contributed by atoms with Gasteiger partial charge in [-0.2, -0.15) is 5.26 Å². The summed E-state index contributed by atoms with van der Waals surface area (Å²) in [5.41, 5.74) is 1.97. The zero-order valence-corrected chi connectivity index (χ0v) is 17.3. The number of rotatable bonds is 8. The van der Waals surface area contributed by atoms with Crippen LogP contribution in [0.1, 0.15) is 36.8 Å². The second-order valence-electron chi connectivity index (χ2n) is 7.15. The van der Waals surface area contributed by atoms with Gasteiger partial charge in [0.05, 0.1) is 6.54 Å². The van der Waals surface area contributed by atoms with E-state index in [1.165, 1.54) is 5.56 Å². The van der Waals surface area contributed by atoms with Gasteiger partial charge < -0.3 is 19.1 Å². The molecular weight excluding hydrogens is 380 g/mol. The summed E-state index contributed by atoms with van der Waals surface area (Å²) in [6, 6.07) is 15.3. The van der Waals surface area contributed by atoms with Gasteiger partial charge in [-0.1, -0.05) is 31.1 Å². The van der Waals surface area contributed by atoms with Crippen molar-refractivity contribution in [3.8, 4) is 11.8 Å². The molecule has 0 spiro atoms. The maximum Gasteiger partial charge on any atom is 0.267 e. The van der Waals surface area contributed by atoms with Crippen molar-refractivity contribution in [2.45, 2.75) is 33.2 Å². The molecule has 2 heterocycles. The molecule has 1 N–H and O–H groups in total. The molecule has 0 radical (unpaired) electrons. The molecule has 0 saturated heterocycles. The Morgan fingerprint density at radius 3 is 2.73 bits per heavy atom. The molecule has 7 heteroatoms. The molecular formula is C23H24N4O3. The summed E-state index contributed by atoms with van der Waals surface area (Å²) in [5.74, 6) is 1.59. The monoisotopic (exact) mass is 404 g/mol. The Morgan fingerprint density at radius 2 is 2.10 bits per heavy atom. The quantitative estimate of drug-likeness (QED) is 0.440. The molecule has 0 atom stereocenters. The Bertz CT molecular complexity index is 1070. The topological polar surface area (TPSA) is 93.1 Å². The van der Waals surface area contributed by atoms with Crippen LogP contribution in [0.5, 0.6) is 5.75 Å². The van der Waals surface area contributed by atoms with Crippen LogP contribution in [0.4, 0.5) is 5.82 Å². The third-order valence-corrected chi connectivity index (χ3v) is 4.54. The molecule has 154 valence electrons. The van der Waals surface area contributed by atoms with Gasteiger partial charge in [-0.3, -0.25) is 4.79 Å². The Morgan fingerprint density at radius 1 is 1.33 bits per heavy atom. The van der Waals surface area contributed by atoms with Crippen molar-refractivity contribution >= 4 is 17.8 Å². The van der Waals surface area contributed by atoms with Crippen LogP contribution in [0, 0.1) is 18.3 Å². The van der Waals surface area contributed by atoms with Gasteiger partial charge in [0.2, 0.25) is 0 Å². The third-order valence-electron chi connectivity index (χ3n) is 4.54. The van der Waals surface area contributed by atoms with Gasteiger partial charge >= 0.3 is 0 Å². The van der Waals surface area contributed by atoms with Crippen LogP contribution in [-0.2, 0) is 11.3 Å². The lowest BCUT2D eigenvalue weighted by atomic mass is 10.0. The molecule has 0 saturated carbocycles. The van der Waals surface area contributed by atoms with E-state index in [4.69, 9.17) is 9.26 Å². The lowest BCUT2D eigenvalue weighted by Gasteiger charge is -2.11. The number of nitrogens with one attached hydrogen (secondary N) is 1. The molecule has 1 aromatic carbocycles. The van der Waals surface area contributed by atoms with Gasteiger partial charge in [0, 0.05) is 18.0 Å². The minimum absolute atomic E-state index is 0.0270. The second kappa shape index (κ2) is 9.61. The fourth-order valence-electron chi connectivity index (χ4n) is 2.88. The zero-order valence-electron chi connectivity index (χ0n) is 17.3. The summed E-state index contributed by atoms with van der Waals surface area (Å²) in [6.07, 6.45) is 3.42. The fourth-order valence-corrected chi connectivity index (χ4v) is 2.88. The largest absolute Gasteiger partial charge is 0.492 e. The number of aromatic nitrogens is 2. The van der Waals surface area contributed by atoms with Crippen LogP contribution in [0.3, 0.4) is 0 Å².